The van der Waals surface area contributed by atoms with Crippen LogP contribution < -0.4 is 5.32 Å². The van der Waals surface area contributed by atoms with Crippen molar-refractivity contribution in [1.29, 1.82) is 0 Å². The van der Waals surface area contributed by atoms with Gasteiger partial charge in [-0.25, -0.2) is 0 Å². The van der Waals surface area contributed by atoms with E-state index in [1.165, 1.54) is 4.90 Å². The van der Waals surface area contributed by atoms with Crippen LogP contribution in [0.5, 0.6) is 0 Å². The van der Waals surface area contributed by atoms with Gasteiger partial charge in [-0.05, 0) is 37.7 Å². The third-order valence-corrected chi connectivity index (χ3v) is 11.4. The van der Waals surface area contributed by atoms with Gasteiger partial charge in [0.15, 0.2) is 0 Å². The molecule has 0 aliphatic carbocycles. The van der Waals surface area contributed by atoms with Crippen LogP contribution in [-0.2, 0) is 28.7 Å². The van der Waals surface area contributed by atoms with E-state index < -0.39 is 53.7 Å². The second kappa shape index (κ2) is 17.3. The van der Waals surface area contributed by atoms with E-state index in [9.17, 15) is 24.3 Å². The number of unbranched alkanes of at least 4 members (excludes halogenated alkanes) is 2. The highest BCUT2D eigenvalue weighted by Gasteiger charge is 2.77. The van der Waals surface area contributed by atoms with E-state index in [0.717, 1.165) is 19.3 Å². The lowest BCUT2D eigenvalue weighted by molar-refractivity contribution is -0.163. The Balaban J connectivity index is 1.74. The van der Waals surface area contributed by atoms with Gasteiger partial charge in [0.2, 0.25) is 17.7 Å². The third kappa shape index (κ3) is 7.84. The fourth-order valence-corrected chi connectivity index (χ4v) is 8.84. The molecule has 0 radical (unpaired) electrons. The van der Waals surface area contributed by atoms with Gasteiger partial charge < -0.3 is 29.7 Å². The van der Waals surface area contributed by atoms with Crippen molar-refractivity contribution in [3.8, 4) is 0 Å². The summed E-state index contributed by atoms with van der Waals surface area (Å²) in [7, 11) is 0. The number of aliphatic hydroxyl groups is 1. The van der Waals surface area contributed by atoms with E-state index >= 15 is 0 Å². The summed E-state index contributed by atoms with van der Waals surface area (Å²) in [5.74, 6) is -3.58. The Kier molecular flexibility index (Phi) is 13.7. The number of nitrogens with one attached hydrogen (secondary N) is 1. The average molecular weight is 745 g/mol. The number of likely N-dealkylation sites (tertiary alicyclic amines) is 1. The normalized spacial score (nSPS) is 27.9. The van der Waals surface area contributed by atoms with Crippen molar-refractivity contribution in [3.05, 3.63) is 61.2 Å². The molecule has 49 heavy (non-hydrogen) atoms. The summed E-state index contributed by atoms with van der Waals surface area (Å²) in [6, 6.07) is 6.92. The number of amides is 3. The van der Waals surface area contributed by atoms with Crippen LogP contribution in [0.3, 0.4) is 0 Å². The number of nitrogens with zero attached hydrogens (tertiary/aromatic N) is 2. The Labute approximate surface area is 299 Å². The van der Waals surface area contributed by atoms with Crippen molar-refractivity contribution in [2.45, 2.75) is 113 Å². The van der Waals surface area contributed by atoms with Crippen molar-refractivity contribution in [2.75, 3.05) is 19.7 Å². The largest absolute Gasteiger partial charge is 0.455 e. The summed E-state index contributed by atoms with van der Waals surface area (Å²) in [4.78, 5) is 59.5. The van der Waals surface area contributed by atoms with Crippen molar-refractivity contribution in [1.82, 2.24) is 15.1 Å². The number of alkyl halides is 1. The Hall–Kier alpha value is -3.02. The zero-order chi connectivity index (χ0) is 35.9. The molecule has 3 heterocycles. The fraction of sp³-hybridized carbons (Fsp3) is 0.632. The lowest BCUT2D eigenvalue weighted by Crippen LogP contribution is -2.60. The number of hydrogen-bond acceptors (Lipinski definition) is 7. The lowest BCUT2D eigenvalue weighted by atomic mass is 9.70. The van der Waals surface area contributed by atoms with Crippen LogP contribution >= 0.6 is 15.9 Å². The number of rotatable bonds is 19. The molecule has 3 aliphatic rings. The van der Waals surface area contributed by atoms with E-state index in [-0.39, 0.29) is 41.5 Å². The molecule has 10 nitrogen and oxygen atoms in total. The molecule has 1 unspecified atom stereocenters. The number of carbonyl (C=O) groups is 4. The molecule has 270 valence electrons. The summed E-state index contributed by atoms with van der Waals surface area (Å²) in [6.07, 6.45) is 6.30. The summed E-state index contributed by atoms with van der Waals surface area (Å²) in [5, 5.41) is 13.6. The predicted molar refractivity (Wildman–Crippen MR) is 191 cm³/mol. The maximum atomic E-state index is 14.8. The van der Waals surface area contributed by atoms with Gasteiger partial charge in [-0.15, -0.1) is 13.2 Å². The molecule has 0 saturated carbocycles. The Morgan fingerprint density at radius 3 is 2.51 bits per heavy atom. The summed E-state index contributed by atoms with van der Waals surface area (Å²) in [5.41, 5.74) is -0.604. The lowest BCUT2D eigenvalue weighted by Gasteiger charge is -2.41. The molecule has 3 aliphatic heterocycles. The van der Waals surface area contributed by atoms with Crippen LogP contribution in [0.1, 0.15) is 84.3 Å². The van der Waals surface area contributed by atoms with Gasteiger partial charge in [0.25, 0.3) is 0 Å². The first-order chi connectivity index (χ1) is 23.5. The van der Waals surface area contributed by atoms with Gasteiger partial charge >= 0.3 is 5.97 Å². The molecule has 1 aromatic carbocycles. The van der Waals surface area contributed by atoms with E-state index in [1.807, 2.05) is 44.2 Å². The van der Waals surface area contributed by atoms with Crippen molar-refractivity contribution < 1.29 is 33.8 Å². The number of ether oxygens (including phenoxy) is 2. The second-order valence-electron chi connectivity index (χ2n) is 13.8. The van der Waals surface area contributed by atoms with E-state index in [2.05, 4.69) is 41.3 Å². The maximum absolute atomic E-state index is 14.8. The number of carbonyl (C=O) groups excluding carboxylic acids is 4. The van der Waals surface area contributed by atoms with Crippen LogP contribution in [0.15, 0.2) is 55.6 Å². The minimum absolute atomic E-state index is 0.122. The van der Waals surface area contributed by atoms with Crippen LogP contribution in [0.4, 0.5) is 0 Å². The van der Waals surface area contributed by atoms with Gasteiger partial charge in [-0.3, -0.25) is 19.2 Å². The smallest absolute Gasteiger partial charge is 0.313 e. The molecule has 1 aromatic rings. The topological polar surface area (TPSA) is 125 Å². The van der Waals surface area contributed by atoms with Crippen LogP contribution in [0.25, 0.3) is 0 Å². The molecular weight excluding hydrogens is 690 g/mol. The number of allylic oxidation sites excluding steroid dienone is 1. The zero-order valence-corrected chi connectivity index (χ0v) is 31.0. The van der Waals surface area contributed by atoms with Gasteiger partial charge in [0.1, 0.15) is 17.7 Å². The highest BCUT2D eigenvalue weighted by atomic mass is 79.9. The zero-order valence-electron chi connectivity index (χ0n) is 29.4. The van der Waals surface area contributed by atoms with E-state index in [0.29, 0.717) is 37.9 Å². The van der Waals surface area contributed by atoms with Crippen molar-refractivity contribution in [2.24, 2.45) is 17.8 Å². The fourth-order valence-electron chi connectivity index (χ4n) is 7.90. The van der Waals surface area contributed by atoms with Crippen LogP contribution in [0, 0.1) is 17.8 Å². The molecule has 2 N–H and O–H groups in total. The first kappa shape index (κ1) is 38.8. The summed E-state index contributed by atoms with van der Waals surface area (Å²) >= 11 is 3.75. The minimum Gasteiger partial charge on any atom is -0.455 e. The van der Waals surface area contributed by atoms with Crippen LogP contribution in [0.2, 0.25) is 0 Å². The number of esters is 1. The quantitative estimate of drug-likeness (QED) is 0.0875. The first-order valence-electron chi connectivity index (χ1n) is 17.8. The number of aliphatic hydroxyl groups excluding tert-OH is 1. The molecule has 11 heteroatoms. The SMILES string of the molecule is C=CCCC(=O)N[C@H](C)[C@@H](OC(=O)[C@@H]1[C@H]2O[C@@]3(CC2Br)[C@H](C(=O)N(CC=C)CCCCC)N([C@@H](CO)[C@@H](C)CC)C(=O)[C@@H]13)c1ccccc1. The number of benzene rings is 1. The number of hydrogen-bond donors (Lipinski definition) is 2. The number of fused-ring (bicyclic) bond motifs is 1. The standard InChI is InChI=1S/C38H54BrN3O7/c1-7-11-16-21-41(20-9-3)36(46)34-38-22-27(39)33(49-38)30(31(38)35(45)42(34)28(23-43)24(5)10-4)37(47)48-32(26-17-14-13-15-18-26)25(6)40-29(44)19-12-8-2/h8-9,13-15,17-18,24-25,27-28,30-34,43H,2-3,7,10-12,16,19-23H2,1,4-6H3,(H,40,44)/t24-,25+,27?,28-,30-,31+,32+,33-,34-,38+/m0/s1. The van der Waals surface area contributed by atoms with E-state index in [1.54, 1.807) is 24.0 Å². The van der Waals surface area contributed by atoms with Gasteiger partial charge in [0.05, 0.1) is 36.6 Å². The monoisotopic (exact) mass is 743 g/mol. The van der Waals surface area contributed by atoms with Gasteiger partial charge in [-0.1, -0.05) is 98.4 Å². The van der Waals surface area contributed by atoms with Crippen LogP contribution in [-0.4, -0.2) is 93.0 Å². The summed E-state index contributed by atoms with van der Waals surface area (Å²) in [6.45, 7) is 15.8. The molecule has 3 saturated heterocycles. The second-order valence-corrected chi connectivity index (χ2v) is 15.0. The summed E-state index contributed by atoms with van der Waals surface area (Å²) < 4.78 is 13.0. The van der Waals surface area contributed by atoms with E-state index in [4.69, 9.17) is 9.47 Å². The highest BCUT2D eigenvalue weighted by Crippen LogP contribution is 2.61. The first-order valence-corrected chi connectivity index (χ1v) is 18.7. The molecule has 0 aromatic heterocycles. The third-order valence-electron chi connectivity index (χ3n) is 10.6. The Bertz CT molecular complexity index is 1340. The van der Waals surface area contributed by atoms with Crippen molar-refractivity contribution >= 4 is 39.6 Å². The van der Waals surface area contributed by atoms with Crippen molar-refractivity contribution in [3.63, 3.8) is 0 Å². The Morgan fingerprint density at radius 2 is 1.90 bits per heavy atom. The van der Waals surface area contributed by atoms with Gasteiger partial charge in [0, 0.05) is 24.3 Å². The minimum atomic E-state index is -1.30. The molecular formula is C38H54BrN3O7. The molecule has 2 bridgehead atoms. The number of halogens is 1. The maximum Gasteiger partial charge on any atom is 0.313 e. The highest BCUT2D eigenvalue weighted by molar-refractivity contribution is 9.09. The molecule has 3 amide bonds. The predicted octanol–water partition coefficient (Wildman–Crippen LogP) is 5.10. The average Bonchev–Trinajstić information content (AvgIpc) is 3.69. The molecule has 3 fully saturated rings. The molecule has 10 atom stereocenters. The molecule has 1 spiro atoms. The van der Waals surface area contributed by atoms with Gasteiger partial charge in [-0.2, -0.15) is 0 Å². The molecule has 4 rings (SSSR count). The Morgan fingerprint density at radius 1 is 1.18 bits per heavy atom.